The maximum Gasteiger partial charge on any atom is 0.239 e. The van der Waals surface area contributed by atoms with Gasteiger partial charge in [0, 0.05) is 54.0 Å². The Labute approximate surface area is 159 Å². The summed E-state index contributed by atoms with van der Waals surface area (Å²) in [7, 11) is 5.46. The molecule has 1 saturated heterocycles. The van der Waals surface area contributed by atoms with Crippen LogP contribution in [0.25, 0.3) is 0 Å². The molecular formula is C19H39N5O2. The summed E-state index contributed by atoms with van der Waals surface area (Å²) in [6.45, 7) is 9.58. The van der Waals surface area contributed by atoms with Gasteiger partial charge in [-0.2, -0.15) is 0 Å². The first-order valence-corrected chi connectivity index (χ1v) is 9.93. The average molecular weight is 370 g/mol. The van der Waals surface area contributed by atoms with Crippen molar-refractivity contribution in [3.63, 3.8) is 0 Å². The zero-order chi connectivity index (χ0) is 19.4. The lowest BCUT2D eigenvalue weighted by molar-refractivity contribution is -0.133. The molecule has 0 radical (unpaired) electrons. The van der Waals surface area contributed by atoms with Crippen LogP contribution in [0.5, 0.6) is 0 Å². The molecule has 0 spiro atoms. The van der Waals surface area contributed by atoms with Crippen LogP contribution in [0.15, 0.2) is 4.99 Å². The molecule has 1 aliphatic rings. The average Bonchev–Trinajstić information content (AvgIpc) is 3.06. The molecule has 0 aromatic heterocycles. The number of likely N-dealkylation sites (tertiary alicyclic amines) is 1. The van der Waals surface area contributed by atoms with Gasteiger partial charge in [-0.15, -0.1) is 0 Å². The van der Waals surface area contributed by atoms with E-state index < -0.39 is 0 Å². The van der Waals surface area contributed by atoms with Gasteiger partial charge in [-0.3, -0.25) is 14.7 Å². The van der Waals surface area contributed by atoms with Crippen molar-refractivity contribution in [1.82, 2.24) is 20.4 Å². The number of hydrogen-bond donors (Lipinski definition) is 2. The highest BCUT2D eigenvalue weighted by atomic mass is 16.5. The van der Waals surface area contributed by atoms with Gasteiger partial charge >= 0.3 is 0 Å². The Morgan fingerprint density at radius 1 is 1.27 bits per heavy atom. The summed E-state index contributed by atoms with van der Waals surface area (Å²) in [6, 6.07) is 0.0632. The zero-order valence-electron chi connectivity index (χ0n) is 17.4. The van der Waals surface area contributed by atoms with Crippen LogP contribution in [0.3, 0.4) is 0 Å². The molecular weight excluding hydrogens is 330 g/mol. The van der Waals surface area contributed by atoms with E-state index in [1.165, 1.54) is 0 Å². The third kappa shape index (κ3) is 8.85. The Morgan fingerprint density at radius 3 is 2.58 bits per heavy atom. The van der Waals surface area contributed by atoms with Gasteiger partial charge in [-0.25, -0.2) is 0 Å². The lowest BCUT2D eigenvalue weighted by atomic mass is 10.2. The van der Waals surface area contributed by atoms with Gasteiger partial charge in [0.1, 0.15) is 0 Å². The zero-order valence-corrected chi connectivity index (χ0v) is 17.4. The molecule has 0 aromatic rings. The molecule has 26 heavy (non-hydrogen) atoms. The molecule has 1 fully saturated rings. The minimum Gasteiger partial charge on any atom is -0.381 e. The Balaban J connectivity index is 2.14. The molecule has 7 heteroatoms. The predicted octanol–water partition coefficient (Wildman–Crippen LogP) is 1.16. The van der Waals surface area contributed by atoms with Crippen LogP contribution in [-0.4, -0.2) is 88.2 Å². The molecule has 0 aromatic carbocycles. The summed E-state index contributed by atoms with van der Waals surface area (Å²) in [4.78, 5) is 20.5. The van der Waals surface area contributed by atoms with E-state index in [0.717, 1.165) is 71.0 Å². The number of rotatable bonds is 11. The predicted molar refractivity (Wildman–Crippen MR) is 108 cm³/mol. The third-order valence-electron chi connectivity index (χ3n) is 4.44. The van der Waals surface area contributed by atoms with E-state index in [0.29, 0.717) is 5.92 Å². The van der Waals surface area contributed by atoms with Crippen molar-refractivity contribution in [1.29, 1.82) is 0 Å². The monoisotopic (exact) mass is 369 g/mol. The van der Waals surface area contributed by atoms with Crippen LogP contribution < -0.4 is 10.6 Å². The van der Waals surface area contributed by atoms with E-state index in [1.807, 2.05) is 14.1 Å². The summed E-state index contributed by atoms with van der Waals surface area (Å²) in [6.07, 6.45) is 4.05. The van der Waals surface area contributed by atoms with Crippen LogP contribution in [0, 0.1) is 5.92 Å². The Hall–Kier alpha value is -1.34. The number of aliphatic imine (C=N–C) groups is 1. The fourth-order valence-electron chi connectivity index (χ4n) is 3.08. The van der Waals surface area contributed by atoms with Crippen LogP contribution in [0.4, 0.5) is 0 Å². The molecule has 0 saturated carbocycles. The van der Waals surface area contributed by atoms with Crippen LogP contribution in [0.2, 0.25) is 0 Å². The minimum absolute atomic E-state index is 0.0632. The second kappa shape index (κ2) is 12.9. The molecule has 0 bridgehead atoms. The quantitative estimate of drug-likeness (QED) is 0.325. The second-order valence-electron chi connectivity index (χ2n) is 7.53. The van der Waals surface area contributed by atoms with Gasteiger partial charge in [0.25, 0.3) is 0 Å². The van der Waals surface area contributed by atoms with E-state index in [-0.39, 0.29) is 11.9 Å². The van der Waals surface area contributed by atoms with E-state index in [1.54, 1.807) is 11.9 Å². The second-order valence-corrected chi connectivity index (χ2v) is 7.53. The normalized spacial score (nSPS) is 18.4. The highest BCUT2D eigenvalue weighted by molar-refractivity contribution is 5.81. The molecule has 1 rings (SSSR count). The summed E-state index contributed by atoms with van der Waals surface area (Å²) in [5.41, 5.74) is 0. The van der Waals surface area contributed by atoms with E-state index in [4.69, 9.17) is 4.74 Å². The third-order valence-corrected chi connectivity index (χ3v) is 4.44. The largest absolute Gasteiger partial charge is 0.381 e. The van der Waals surface area contributed by atoms with Crippen LogP contribution in [0.1, 0.15) is 39.5 Å². The van der Waals surface area contributed by atoms with Crippen molar-refractivity contribution >= 4 is 11.9 Å². The van der Waals surface area contributed by atoms with E-state index in [9.17, 15) is 4.79 Å². The van der Waals surface area contributed by atoms with Crippen molar-refractivity contribution < 1.29 is 9.53 Å². The number of likely N-dealkylation sites (N-methyl/N-ethyl adjacent to an activating group) is 1. The highest BCUT2D eigenvalue weighted by Crippen LogP contribution is 2.18. The van der Waals surface area contributed by atoms with Crippen LogP contribution in [-0.2, 0) is 9.53 Å². The maximum atomic E-state index is 12.2. The molecule has 1 heterocycles. The van der Waals surface area contributed by atoms with Crippen molar-refractivity contribution in [2.75, 3.05) is 60.5 Å². The van der Waals surface area contributed by atoms with Crippen LogP contribution >= 0.6 is 0 Å². The summed E-state index contributed by atoms with van der Waals surface area (Å²) in [5.74, 6) is 1.64. The smallest absolute Gasteiger partial charge is 0.239 e. The molecule has 152 valence electrons. The van der Waals surface area contributed by atoms with E-state index in [2.05, 4.69) is 34.4 Å². The Morgan fingerprint density at radius 2 is 1.96 bits per heavy atom. The summed E-state index contributed by atoms with van der Waals surface area (Å²) in [5, 5.41) is 6.66. The highest BCUT2D eigenvalue weighted by Gasteiger charge is 2.30. The first kappa shape index (κ1) is 22.7. The first-order valence-electron chi connectivity index (χ1n) is 9.93. The summed E-state index contributed by atoms with van der Waals surface area (Å²) >= 11 is 0. The number of guanidine groups is 1. The number of hydrogen-bond acceptors (Lipinski definition) is 4. The van der Waals surface area contributed by atoms with Crippen molar-refractivity contribution in [3.05, 3.63) is 0 Å². The van der Waals surface area contributed by atoms with Gasteiger partial charge in [0.15, 0.2) is 5.96 Å². The van der Waals surface area contributed by atoms with Crippen molar-refractivity contribution in [3.8, 4) is 0 Å². The van der Waals surface area contributed by atoms with Gasteiger partial charge in [-0.05, 0) is 38.1 Å². The standard InChI is InChI=1S/C19H39N5O2/c1-16(2)15-26-14-8-11-22-19(20-3)21-10-7-13-24-12-6-9-17(24)18(25)23(4)5/h16-17H,6-15H2,1-5H3,(H2,20,21,22). The molecule has 7 nitrogen and oxygen atoms in total. The lowest BCUT2D eigenvalue weighted by Gasteiger charge is -2.26. The SMILES string of the molecule is CN=C(NCCCOCC(C)C)NCCCN1CCCC1C(=O)N(C)C. The molecule has 2 N–H and O–H groups in total. The molecule has 0 aliphatic carbocycles. The Bertz CT molecular complexity index is 426. The van der Waals surface area contributed by atoms with Crippen molar-refractivity contribution in [2.24, 2.45) is 10.9 Å². The number of amides is 1. The maximum absolute atomic E-state index is 12.2. The number of nitrogens with zero attached hydrogens (tertiary/aromatic N) is 3. The number of carbonyl (C=O) groups excluding carboxylic acids is 1. The van der Waals surface area contributed by atoms with Gasteiger partial charge < -0.3 is 20.3 Å². The number of nitrogens with one attached hydrogen (secondary N) is 2. The van der Waals surface area contributed by atoms with Gasteiger partial charge in [0.05, 0.1) is 6.04 Å². The van der Waals surface area contributed by atoms with Gasteiger partial charge in [-0.1, -0.05) is 13.8 Å². The molecule has 1 atom stereocenters. The minimum atomic E-state index is 0.0632. The summed E-state index contributed by atoms with van der Waals surface area (Å²) < 4.78 is 5.58. The molecule has 1 aliphatic heterocycles. The fraction of sp³-hybridized carbons (Fsp3) is 0.895. The fourth-order valence-corrected chi connectivity index (χ4v) is 3.08. The number of ether oxygens (including phenoxy) is 1. The lowest BCUT2D eigenvalue weighted by Crippen LogP contribution is -2.44. The topological polar surface area (TPSA) is 69.2 Å². The van der Waals surface area contributed by atoms with Gasteiger partial charge in [0.2, 0.25) is 5.91 Å². The van der Waals surface area contributed by atoms with E-state index >= 15 is 0 Å². The number of carbonyl (C=O) groups is 1. The molecule has 1 amide bonds. The first-order chi connectivity index (χ1) is 12.5. The Kier molecular flexibility index (Phi) is 11.3. The van der Waals surface area contributed by atoms with Crippen molar-refractivity contribution in [2.45, 2.75) is 45.6 Å². The molecule has 1 unspecified atom stereocenters.